The molecule has 1 aromatic rings. The molecule has 3 N–H and O–H groups in total. The second-order valence-electron chi connectivity index (χ2n) is 2.92. The van der Waals surface area contributed by atoms with Gasteiger partial charge in [0.25, 0.3) is 0 Å². The molecule has 0 saturated carbocycles. The number of aryl methyl sites for hydroxylation is 1. The van der Waals surface area contributed by atoms with Gasteiger partial charge >= 0.3 is 0 Å². The van der Waals surface area contributed by atoms with E-state index < -0.39 is 0 Å². The third-order valence-electron chi connectivity index (χ3n) is 1.88. The van der Waals surface area contributed by atoms with Gasteiger partial charge in [-0.2, -0.15) is 0 Å². The smallest absolute Gasteiger partial charge is 0.217 e. The minimum absolute atomic E-state index is 0.255. The number of carbonyl (C=O) groups excluding carboxylic acids is 1. The molecule has 0 aliphatic carbocycles. The molecule has 0 aliphatic heterocycles. The summed E-state index contributed by atoms with van der Waals surface area (Å²) in [5.74, 6) is -0.255. The fraction of sp³-hybridized carbons (Fsp3) is 0.300. The van der Waals surface area contributed by atoms with Crippen molar-refractivity contribution in [2.24, 2.45) is 5.73 Å². The first-order valence-corrected chi connectivity index (χ1v) is 4.27. The predicted molar refractivity (Wildman–Crippen MR) is 53.5 cm³/mol. The summed E-state index contributed by atoms with van der Waals surface area (Å²) in [6.07, 6.45) is 1.12. The molecule has 1 rings (SSSR count). The van der Waals surface area contributed by atoms with Crippen molar-refractivity contribution in [2.75, 3.05) is 12.4 Å². The molecule has 0 aromatic heterocycles. The summed E-state index contributed by atoms with van der Waals surface area (Å²) in [5, 5.41) is 3.04. The monoisotopic (exact) mass is 178 g/mol. The van der Waals surface area contributed by atoms with Crippen molar-refractivity contribution in [1.82, 2.24) is 0 Å². The van der Waals surface area contributed by atoms with E-state index in [0.29, 0.717) is 12.8 Å². The van der Waals surface area contributed by atoms with Crippen LogP contribution in [0, 0.1) is 0 Å². The number of carbonyl (C=O) groups is 1. The van der Waals surface area contributed by atoms with Gasteiger partial charge in [-0.15, -0.1) is 0 Å². The highest BCUT2D eigenvalue weighted by Crippen LogP contribution is 2.10. The van der Waals surface area contributed by atoms with E-state index in [-0.39, 0.29) is 5.91 Å². The Balaban J connectivity index is 2.61. The van der Waals surface area contributed by atoms with Crippen LogP contribution in [-0.2, 0) is 11.2 Å². The normalized spacial score (nSPS) is 9.62. The van der Waals surface area contributed by atoms with Gasteiger partial charge in [0.15, 0.2) is 0 Å². The lowest BCUT2D eigenvalue weighted by molar-refractivity contribution is -0.117. The Morgan fingerprint density at radius 1 is 1.54 bits per heavy atom. The number of amides is 1. The number of rotatable bonds is 4. The van der Waals surface area contributed by atoms with E-state index in [2.05, 4.69) is 5.32 Å². The molecule has 0 saturated heterocycles. The summed E-state index contributed by atoms with van der Waals surface area (Å²) in [6, 6.07) is 7.95. The maximum absolute atomic E-state index is 10.5. The molecule has 0 spiro atoms. The Hall–Kier alpha value is -1.51. The Morgan fingerprint density at radius 2 is 2.31 bits per heavy atom. The summed E-state index contributed by atoms with van der Waals surface area (Å²) < 4.78 is 0. The largest absolute Gasteiger partial charge is 0.388 e. The topological polar surface area (TPSA) is 55.1 Å². The van der Waals surface area contributed by atoms with E-state index in [4.69, 9.17) is 5.73 Å². The van der Waals surface area contributed by atoms with Crippen LogP contribution in [0.2, 0.25) is 0 Å². The van der Waals surface area contributed by atoms with Crippen LogP contribution < -0.4 is 11.1 Å². The number of benzene rings is 1. The Labute approximate surface area is 77.9 Å². The highest BCUT2D eigenvalue weighted by Gasteiger charge is 1.97. The van der Waals surface area contributed by atoms with E-state index >= 15 is 0 Å². The maximum atomic E-state index is 10.5. The maximum Gasteiger partial charge on any atom is 0.217 e. The van der Waals surface area contributed by atoms with Crippen LogP contribution in [0.15, 0.2) is 24.3 Å². The number of hydrogen-bond donors (Lipinski definition) is 2. The van der Waals surface area contributed by atoms with Crippen LogP contribution >= 0.6 is 0 Å². The summed E-state index contributed by atoms with van der Waals surface area (Å²) in [7, 11) is 1.87. The Bertz CT molecular complexity index is 297. The third-order valence-corrected chi connectivity index (χ3v) is 1.88. The highest BCUT2D eigenvalue weighted by molar-refractivity contribution is 5.74. The molecule has 0 atom stereocenters. The molecule has 0 bridgehead atoms. The molecule has 0 aliphatic rings. The zero-order valence-corrected chi connectivity index (χ0v) is 7.71. The van der Waals surface area contributed by atoms with Gasteiger partial charge in [-0.25, -0.2) is 0 Å². The summed E-state index contributed by atoms with van der Waals surface area (Å²) in [6.45, 7) is 0. The average Bonchev–Trinajstić information content (AvgIpc) is 2.15. The van der Waals surface area contributed by atoms with Crippen LogP contribution in [0.3, 0.4) is 0 Å². The van der Waals surface area contributed by atoms with Gasteiger partial charge in [0.05, 0.1) is 0 Å². The Kier molecular flexibility index (Phi) is 3.31. The molecule has 3 nitrogen and oxygen atoms in total. The van der Waals surface area contributed by atoms with Gasteiger partial charge in [-0.05, 0) is 24.1 Å². The van der Waals surface area contributed by atoms with Crippen molar-refractivity contribution in [2.45, 2.75) is 12.8 Å². The third kappa shape index (κ3) is 3.15. The standard InChI is InChI=1S/C10H14N2O/c1-12-9-4-2-3-8(7-9)5-6-10(11)13/h2-4,7,12H,5-6H2,1H3,(H2,11,13). The molecule has 3 heteroatoms. The SMILES string of the molecule is CNc1cccc(CCC(N)=O)c1. The van der Waals surface area contributed by atoms with Gasteiger partial charge in [0.1, 0.15) is 0 Å². The van der Waals surface area contributed by atoms with Crippen molar-refractivity contribution >= 4 is 11.6 Å². The van der Waals surface area contributed by atoms with E-state index in [1.165, 1.54) is 0 Å². The lowest BCUT2D eigenvalue weighted by Gasteiger charge is -2.02. The fourth-order valence-electron chi connectivity index (χ4n) is 1.15. The van der Waals surface area contributed by atoms with E-state index in [0.717, 1.165) is 11.3 Å². The molecule has 70 valence electrons. The number of nitrogens with two attached hydrogens (primary N) is 1. The van der Waals surface area contributed by atoms with Crippen LogP contribution in [0.25, 0.3) is 0 Å². The van der Waals surface area contributed by atoms with Crippen LogP contribution in [0.5, 0.6) is 0 Å². The summed E-state index contributed by atoms with van der Waals surface area (Å²) in [5.41, 5.74) is 7.24. The summed E-state index contributed by atoms with van der Waals surface area (Å²) >= 11 is 0. The second-order valence-corrected chi connectivity index (χ2v) is 2.92. The fourth-order valence-corrected chi connectivity index (χ4v) is 1.15. The molecule has 0 radical (unpaired) electrons. The minimum Gasteiger partial charge on any atom is -0.388 e. The van der Waals surface area contributed by atoms with E-state index in [1.807, 2.05) is 31.3 Å². The van der Waals surface area contributed by atoms with Crippen LogP contribution in [0.1, 0.15) is 12.0 Å². The van der Waals surface area contributed by atoms with Gasteiger partial charge < -0.3 is 11.1 Å². The van der Waals surface area contributed by atoms with Crippen LogP contribution in [-0.4, -0.2) is 13.0 Å². The zero-order chi connectivity index (χ0) is 9.68. The number of nitrogens with one attached hydrogen (secondary N) is 1. The first-order chi connectivity index (χ1) is 6.22. The van der Waals surface area contributed by atoms with Gasteiger partial charge in [0.2, 0.25) is 5.91 Å². The summed E-state index contributed by atoms with van der Waals surface area (Å²) in [4.78, 5) is 10.5. The average molecular weight is 178 g/mol. The van der Waals surface area contributed by atoms with Crippen molar-refractivity contribution in [3.8, 4) is 0 Å². The van der Waals surface area contributed by atoms with Crippen LogP contribution in [0.4, 0.5) is 5.69 Å². The zero-order valence-electron chi connectivity index (χ0n) is 7.71. The lowest BCUT2D eigenvalue weighted by Crippen LogP contribution is -2.11. The van der Waals surface area contributed by atoms with Crippen molar-refractivity contribution in [3.05, 3.63) is 29.8 Å². The second kappa shape index (κ2) is 4.50. The van der Waals surface area contributed by atoms with Crippen molar-refractivity contribution in [3.63, 3.8) is 0 Å². The van der Waals surface area contributed by atoms with E-state index in [1.54, 1.807) is 0 Å². The molecule has 1 amide bonds. The predicted octanol–water partition coefficient (Wildman–Crippen LogP) is 1.15. The van der Waals surface area contributed by atoms with Gasteiger partial charge in [-0.1, -0.05) is 12.1 Å². The number of primary amides is 1. The molecular weight excluding hydrogens is 164 g/mol. The van der Waals surface area contributed by atoms with Gasteiger partial charge in [-0.3, -0.25) is 4.79 Å². The molecule has 13 heavy (non-hydrogen) atoms. The highest BCUT2D eigenvalue weighted by atomic mass is 16.1. The number of anilines is 1. The quantitative estimate of drug-likeness (QED) is 0.726. The van der Waals surface area contributed by atoms with E-state index in [9.17, 15) is 4.79 Å². The molecular formula is C10H14N2O. The number of hydrogen-bond acceptors (Lipinski definition) is 2. The lowest BCUT2D eigenvalue weighted by atomic mass is 10.1. The van der Waals surface area contributed by atoms with Crippen molar-refractivity contribution < 1.29 is 4.79 Å². The molecule has 0 fully saturated rings. The van der Waals surface area contributed by atoms with Crippen molar-refractivity contribution in [1.29, 1.82) is 0 Å². The van der Waals surface area contributed by atoms with Gasteiger partial charge in [0, 0.05) is 19.2 Å². The molecule has 0 unspecified atom stereocenters. The minimum atomic E-state index is -0.255. The molecule has 0 heterocycles. The first kappa shape index (κ1) is 9.58. The first-order valence-electron chi connectivity index (χ1n) is 4.27. The Morgan fingerprint density at radius 3 is 2.92 bits per heavy atom. The molecule has 1 aromatic carbocycles.